The third-order valence-electron chi connectivity index (χ3n) is 3.03. The minimum atomic E-state index is -0.440. The third-order valence-corrected chi connectivity index (χ3v) is 3.03. The van der Waals surface area contributed by atoms with Crippen LogP contribution in [0.2, 0.25) is 0 Å². The fraction of sp³-hybridized carbons (Fsp3) is 0.385. The Morgan fingerprint density at radius 3 is 3.00 bits per heavy atom. The third kappa shape index (κ3) is 2.58. The molecular weight excluding hydrogens is 249 g/mol. The smallest absolute Gasteiger partial charge is 0.264 e. The van der Waals surface area contributed by atoms with Gasteiger partial charge in [0.1, 0.15) is 0 Å². The van der Waals surface area contributed by atoms with Crippen molar-refractivity contribution in [3.63, 3.8) is 0 Å². The van der Waals surface area contributed by atoms with Crippen LogP contribution in [0.3, 0.4) is 0 Å². The fourth-order valence-corrected chi connectivity index (χ4v) is 1.84. The van der Waals surface area contributed by atoms with E-state index in [2.05, 4.69) is 10.1 Å². The summed E-state index contributed by atoms with van der Waals surface area (Å²) in [6.45, 7) is 0.262. The highest BCUT2D eigenvalue weighted by Gasteiger charge is 2.28. The molecule has 100 valence electrons. The molecule has 0 spiro atoms. The number of hydrogen-bond acceptors (Lipinski definition) is 5. The number of para-hydroxylation sites is 1. The summed E-state index contributed by atoms with van der Waals surface area (Å²) < 4.78 is 24.1. The Morgan fingerprint density at radius 1 is 1.42 bits per heavy atom. The zero-order valence-electron chi connectivity index (χ0n) is 10.3. The van der Waals surface area contributed by atoms with E-state index in [9.17, 15) is 4.39 Å². The van der Waals surface area contributed by atoms with Gasteiger partial charge in [0.05, 0.1) is 0 Å². The molecule has 1 aromatic heterocycles. The van der Waals surface area contributed by atoms with Crippen molar-refractivity contribution in [2.45, 2.75) is 31.9 Å². The summed E-state index contributed by atoms with van der Waals surface area (Å²) in [4.78, 5) is 4.22. The lowest BCUT2D eigenvalue weighted by molar-refractivity contribution is 0.232. The second-order valence-corrected chi connectivity index (χ2v) is 4.54. The van der Waals surface area contributed by atoms with Crippen molar-refractivity contribution < 1.29 is 13.7 Å². The van der Waals surface area contributed by atoms with Crippen molar-refractivity contribution in [1.82, 2.24) is 10.1 Å². The minimum Gasteiger partial charge on any atom is -0.480 e. The van der Waals surface area contributed by atoms with Crippen LogP contribution in [-0.4, -0.2) is 10.1 Å². The number of hydrogen-bond donors (Lipinski definition) is 1. The van der Waals surface area contributed by atoms with Crippen LogP contribution in [0, 0.1) is 5.82 Å². The van der Waals surface area contributed by atoms with Gasteiger partial charge in [0.2, 0.25) is 0 Å². The molecule has 0 amide bonds. The standard InChI is InChI=1S/C13H14FN3O2/c14-10-3-1-2-9(6-15)12(10)18-7-11-16-13(17-19-11)8-4-5-8/h1-3,8H,4-7,15H2. The van der Waals surface area contributed by atoms with Crippen molar-refractivity contribution >= 4 is 0 Å². The maximum Gasteiger partial charge on any atom is 0.264 e. The Balaban J connectivity index is 1.71. The molecule has 1 heterocycles. The molecule has 2 aromatic rings. The lowest BCUT2D eigenvalue weighted by Gasteiger charge is -2.09. The molecule has 19 heavy (non-hydrogen) atoms. The molecule has 0 saturated heterocycles. The van der Waals surface area contributed by atoms with Gasteiger partial charge in [-0.3, -0.25) is 0 Å². The average molecular weight is 263 g/mol. The van der Waals surface area contributed by atoms with Crippen LogP contribution in [0.4, 0.5) is 4.39 Å². The molecule has 0 aliphatic heterocycles. The van der Waals surface area contributed by atoms with Gasteiger partial charge in [0.15, 0.2) is 24.0 Å². The van der Waals surface area contributed by atoms with E-state index in [1.165, 1.54) is 6.07 Å². The van der Waals surface area contributed by atoms with E-state index in [0.717, 1.165) is 12.8 Å². The maximum absolute atomic E-state index is 13.6. The average Bonchev–Trinajstić information content (AvgIpc) is 3.17. The first kappa shape index (κ1) is 12.1. The number of benzene rings is 1. The fourth-order valence-electron chi connectivity index (χ4n) is 1.84. The van der Waals surface area contributed by atoms with Crippen molar-refractivity contribution in [2.24, 2.45) is 5.73 Å². The van der Waals surface area contributed by atoms with Gasteiger partial charge in [-0.25, -0.2) is 4.39 Å². The highest BCUT2D eigenvalue weighted by Crippen LogP contribution is 2.38. The molecule has 0 radical (unpaired) electrons. The number of nitrogens with two attached hydrogens (primary N) is 1. The number of rotatable bonds is 5. The molecule has 0 unspecified atom stereocenters. The summed E-state index contributed by atoms with van der Waals surface area (Å²) in [7, 11) is 0. The number of ether oxygens (including phenoxy) is 1. The van der Waals surface area contributed by atoms with Crippen LogP contribution in [0.5, 0.6) is 5.75 Å². The quantitative estimate of drug-likeness (QED) is 0.894. The first-order valence-corrected chi connectivity index (χ1v) is 6.20. The van der Waals surface area contributed by atoms with E-state index in [1.54, 1.807) is 12.1 Å². The Bertz CT molecular complexity index is 581. The molecule has 0 bridgehead atoms. The molecule has 3 rings (SSSR count). The van der Waals surface area contributed by atoms with Crippen molar-refractivity contribution in [2.75, 3.05) is 0 Å². The number of aromatic nitrogens is 2. The highest BCUT2D eigenvalue weighted by atomic mass is 19.1. The molecule has 2 N–H and O–H groups in total. The summed E-state index contributed by atoms with van der Waals surface area (Å²) in [6, 6.07) is 4.65. The van der Waals surface area contributed by atoms with E-state index in [1.807, 2.05) is 0 Å². The normalized spacial score (nSPS) is 14.6. The second kappa shape index (κ2) is 4.97. The van der Waals surface area contributed by atoms with Crippen LogP contribution < -0.4 is 10.5 Å². The van der Waals surface area contributed by atoms with Gasteiger partial charge >= 0.3 is 0 Å². The van der Waals surface area contributed by atoms with Crippen molar-refractivity contribution in [3.05, 3.63) is 41.3 Å². The lowest BCUT2D eigenvalue weighted by Crippen LogP contribution is -2.04. The molecule has 1 aliphatic rings. The molecule has 1 aliphatic carbocycles. The minimum absolute atomic E-state index is 0.0493. The summed E-state index contributed by atoms with van der Waals surface area (Å²) in [6.07, 6.45) is 2.20. The van der Waals surface area contributed by atoms with E-state index in [-0.39, 0.29) is 18.9 Å². The van der Waals surface area contributed by atoms with E-state index < -0.39 is 5.82 Å². The molecular formula is C13H14FN3O2. The van der Waals surface area contributed by atoms with Gasteiger partial charge < -0.3 is 15.0 Å². The lowest BCUT2D eigenvalue weighted by atomic mass is 10.2. The molecule has 1 aromatic carbocycles. The van der Waals surface area contributed by atoms with Crippen LogP contribution in [0.1, 0.15) is 36.0 Å². The van der Waals surface area contributed by atoms with Gasteiger partial charge in [-0.15, -0.1) is 0 Å². The highest BCUT2D eigenvalue weighted by molar-refractivity contribution is 5.34. The molecule has 6 heteroatoms. The van der Waals surface area contributed by atoms with Crippen LogP contribution in [0.25, 0.3) is 0 Å². The van der Waals surface area contributed by atoms with Gasteiger partial charge in [-0.05, 0) is 18.9 Å². The predicted octanol–water partition coefficient (Wildman–Crippen LogP) is 2.12. The van der Waals surface area contributed by atoms with Gasteiger partial charge in [-0.1, -0.05) is 17.3 Å². The van der Waals surface area contributed by atoms with Gasteiger partial charge in [0.25, 0.3) is 5.89 Å². The Morgan fingerprint density at radius 2 is 2.26 bits per heavy atom. The molecule has 1 fully saturated rings. The second-order valence-electron chi connectivity index (χ2n) is 4.54. The summed E-state index contributed by atoms with van der Waals surface area (Å²) in [5.74, 6) is 1.20. The number of halogens is 1. The van der Waals surface area contributed by atoms with E-state index >= 15 is 0 Å². The zero-order chi connectivity index (χ0) is 13.2. The zero-order valence-corrected chi connectivity index (χ0v) is 10.3. The Hall–Kier alpha value is -1.95. The molecule has 1 saturated carbocycles. The van der Waals surface area contributed by atoms with Crippen LogP contribution in [0.15, 0.2) is 22.7 Å². The van der Waals surface area contributed by atoms with Crippen LogP contribution >= 0.6 is 0 Å². The van der Waals surface area contributed by atoms with E-state index in [4.69, 9.17) is 15.0 Å². The molecule has 5 nitrogen and oxygen atoms in total. The monoisotopic (exact) mass is 263 g/mol. The first-order chi connectivity index (χ1) is 9.28. The molecule has 0 atom stereocenters. The Labute approximate surface area is 109 Å². The maximum atomic E-state index is 13.6. The summed E-state index contributed by atoms with van der Waals surface area (Å²) >= 11 is 0. The topological polar surface area (TPSA) is 74.2 Å². The van der Waals surface area contributed by atoms with Gasteiger partial charge in [-0.2, -0.15) is 4.98 Å². The van der Waals surface area contributed by atoms with Crippen LogP contribution in [-0.2, 0) is 13.2 Å². The number of nitrogens with zero attached hydrogens (tertiary/aromatic N) is 2. The largest absolute Gasteiger partial charge is 0.480 e. The summed E-state index contributed by atoms with van der Waals surface area (Å²) in [5.41, 5.74) is 6.16. The van der Waals surface area contributed by atoms with Gasteiger partial charge in [0, 0.05) is 18.0 Å². The van der Waals surface area contributed by atoms with Crippen molar-refractivity contribution in [1.29, 1.82) is 0 Å². The predicted molar refractivity (Wildman–Crippen MR) is 64.9 cm³/mol. The van der Waals surface area contributed by atoms with Crippen molar-refractivity contribution in [3.8, 4) is 5.75 Å². The summed E-state index contributed by atoms with van der Waals surface area (Å²) in [5, 5.41) is 3.87. The first-order valence-electron chi connectivity index (χ1n) is 6.20. The Kier molecular flexibility index (Phi) is 3.16. The SMILES string of the molecule is NCc1cccc(F)c1OCc1nc(C2CC2)no1. The van der Waals surface area contributed by atoms with E-state index in [0.29, 0.717) is 23.2 Å².